The minimum atomic E-state index is 0.0287. The van der Waals surface area contributed by atoms with Gasteiger partial charge in [-0.15, -0.1) is 0 Å². The summed E-state index contributed by atoms with van der Waals surface area (Å²) in [6.07, 6.45) is 9.71. The van der Waals surface area contributed by atoms with Crippen molar-refractivity contribution in [1.82, 2.24) is 5.32 Å². The average molecular weight is 312 g/mol. The molecule has 0 spiro atoms. The molecule has 1 N–H and O–H groups in total. The number of amidine groups is 1. The molecule has 1 unspecified atom stereocenters. The SMILES string of the molecule is CCCCCCCCNC1=NC(=O)C(C2CCOCC2)S1. The van der Waals surface area contributed by atoms with E-state index in [9.17, 15) is 4.79 Å². The topological polar surface area (TPSA) is 50.7 Å². The number of carbonyl (C=O) groups excluding carboxylic acids is 1. The number of unbranched alkanes of at least 4 members (excludes halogenated alkanes) is 5. The second kappa shape index (κ2) is 9.46. The van der Waals surface area contributed by atoms with E-state index in [1.54, 1.807) is 11.8 Å². The minimum Gasteiger partial charge on any atom is -0.381 e. The van der Waals surface area contributed by atoms with Gasteiger partial charge >= 0.3 is 0 Å². The van der Waals surface area contributed by atoms with Crippen molar-refractivity contribution in [3.8, 4) is 0 Å². The predicted molar refractivity (Wildman–Crippen MR) is 88.7 cm³/mol. The molecule has 21 heavy (non-hydrogen) atoms. The lowest BCUT2D eigenvalue weighted by Gasteiger charge is -2.25. The first-order valence-electron chi connectivity index (χ1n) is 8.42. The van der Waals surface area contributed by atoms with Crippen LogP contribution in [0.15, 0.2) is 4.99 Å². The molecule has 1 atom stereocenters. The Hall–Kier alpha value is -0.550. The lowest BCUT2D eigenvalue weighted by Crippen LogP contribution is -2.29. The van der Waals surface area contributed by atoms with Crippen molar-refractivity contribution in [1.29, 1.82) is 0 Å². The summed E-state index contributed by atoms with van der Waals surface area (Å²) in [7, 11) is 0. The fourth-order valence-electron chi connectivity index (χ4n) is 2.86. The van der Waals surface area contributed by atoms with Gasteiger partial charge in [-0.05, 0) is 25.2 Å². The third-order valence-corrected chi connectivity index (χ3v) is 5.49. The van der Waals surface area contributed by atoms with Gasteiger partial charge in [-0.1, -0.05) is 50.8 Å². The lowest BCUT2D eigenvalue weighted by molar-refractivity contribution is -0.118. The van der Waals surface area contributed by atoms with Crippen LogP contribution < -0.4 is 5.32 Å². The molecule has 0 saturated carbocycles. The van der Waals surface area contributed by atoms with Crippen molar-refractivity contribution in [2.45, 2.75) is 63.5 Å². The highest BCUT2D eigenvalue weighted by Gasteiger charge is 2.35. The van der Waals surface area contributed by atoms with Crippen molar-refractivity contribution < 1.29 is 9.53 Å². The molecule has 0 aliphatic carbocycles. The van der Waals surface area contributed by atoms with Crippen LogP contribution in [-0.2, 0) is 9.53 Å². The largest absolute Gasteiger partial charge is 0.381 e. The third kappa shape index (κ3) is 5.62. The molecular formula is C16H28N2O2S. The molecule has 5 heteroatoms. The smallest absolute Gasteiger partial charge is 0.261 e. The molecule has 1 fully saturated rings. The number of amides is 1. The second-order valence-corrected chi connectivity index (χ2v) is 7.07. The number of rotatable bonds is 8. The Balaban J connectivity index is 1.59. The van der Waals surface area contributed by atoms with Gasteiger partial charge in [0.1, 0.15) is 0 Å². The number of carbonyl (C=O) groups is 1. The van der Waals surface area contributed by atoms with Crippen LogP contribution in [0.1, 0.15) is 58.3 Å². The Morgan fingerprint density at radius 2 is 1.90 bits per heavy atom. The van der Waals surface area contributed by atoms with Crippen LogP contribution >= 0.6 is 11.8 Å². The summed E-state index contributed by atoms with van der Waals surface area (Å²) in [6.45, 7) is 4.75. The molecule has 0 aromatic heterocycles. The Kier molecular flexibility index (Phi) is 7.58. The zero-order valence-electron chi connectivity index (χ0n) is 13.1. The molecule has 1 amide bonds. The van der Waals surface area contributed by atoms with Gasteiger partial charge in [-0.2, -0.15) is 4.99 Å². The second-order valence-electron chi connectivity index (χ2n) is 5.94. The number of aliphatic imine (C=N–C) groups is 1. The van der Waals surface area contributed by atoms with E-state index in [-0.39, 0.29) is 11.2 Å². The minimum absolute atomic E-state index is 0.0287. The van der Waals surface area contributed by atoms with E-state index in [2.05, 4.69) is 17.2 Å². The quantitative estimate of drug-likeness (QED) is 0.698. The summed E-state index contributed by atoms with van der Waals surface area (Å²) in [5.74, 6) is 0.491. The molecule has 0 aromatic carbocycles. The van der Waals surface area contributed by atoms with Crippen LogP contribution in [0.2, 0.25) is 0 Å². The van der Waals surface area contributed by atoms with Gasteiger partial charge < -0.3 is 10.1 Å². The maximum Gasteiger partial charge on any atom is 0.261 e. The van der Waals surface area contributed by atoms with E-state index >= 15 is 0 Å². The van der Waals surface area contributed by atoms with Crippen LogP contribution in [-0.4, -0.2) is 36.1 Å². The van der Waals surface area contributed by atoms with E-state index in [1.165, 1.54) is 38.5 Å². The van der Waals surface area contributed by atoms with E-state index in [4.69, 9.17) is 4.74 Å². The van der Waals surface area contributed by atoms with Crippen LogP contribution in [0.3, 0.4) is 0 Å². The van der Waals surface area contributed by atoms with Gasteiger partial charge in [0.2, 0.25) is 0 Å². The van der Waals surface area contributed by atoms with Crippen molar-refractivity contribution >= 4 is 22.8 Å². The molecule has 2 aliphatic rings. The van der Waals surface area contributed by atoms with Crippen LogP contribution in [0.25, 0.3) is 0 Å². The first kappa shape index (κ1) is 16.8. The fourth-order valence-corrected chi connectivity index (χ4v) is 4.05. The number of hydrogen-bond acceptors (Lipinski definition) is 4. The normalized spacial score (nSPS) is 23.4. The summed E-state index contributed by atoms with van der Waals surface area (Å²) in [4.78, 5) is 16.2. The number of hydrogen-bond donors (Lipinski definition) is 1. The van der Waals surface area contributed by atoms with Crippen molar-refractivity contribution in [3.05, 3.63) is 0 Å². The zero-order chi connectivity index (χ0) is 14.9. The first-order valence-corrected chi connectivity index (χ1v) is 9.30. The molecule has 4 nitrogen and oxygen atoms in total. The van der Waals surface area contributed by atoms with Gasteiger partial charge in [-0.3, -0.25) is 4.79 Å². The summed E-state index contributed by atoms with van der Waals surface area (Å²) in [6, 6.07) is 0. The molecule has 2 heterocycles. The van der Waals surface area contributed by atoms with E-state index in [1.807, 2.05) is 0 Å². The first-order chi connectivity index (χ1) is 10.3. The molecule has 0 aromatic rings. The van der Waals surface area contributed by atoms with Gasteiger partial charge in [0.05, 0.1) is 5.25 Å². The number of thioether (sulfide) groups is 1. The highest BCUT2D eigenvalue weighted by atomic mass is 32.2. The standard InChI is InChI=1S/C16H28N2O2S/c1-2-3-4-5-6-7-10-17-16-18-15(19)14(21-16)13-8-11-20-12-9-13/h13-14H,2-12H2,1H3,(H,17,18,19). The van der Waals surface area contributed by atoms with Gasteiger partial charge in [0.25, 0.3) is 5.91 Å². The van der Waals surface area contributed by atoms with E-state index in [0.29, 0.717) is 5.92 Å². The summed E-state index contributed by atoms with van der Waals surface area (Å²) in [5, 5.41) is 4.20. The fraction of sp³-hybridized carbons (Fsp3) is 0.875. The van der Waals surface area contributed by atoms with Crippen molar-refractivity contribution in [2.24, 2.45) is 10.9 Å². The molecule has 2 aliphatic heterocycles. The number of nitrogens with one attached hydrogen (secondary N) is 1. The Morgan fingerprint density at radius 1 is 1.19 bits per heavy atom. The lowest BCUT2D eigenvalue weighted by atomic mass is 9.96. The third-order valence-electron chi connectivity index (χ3n) is 4.19. The van der Waals surface area contributed by atoms with E-state index in [0.717, 1.165) is 37.8 Å². The predicted octanol–water partition coefficient (Wildman–Crippen LogP) is 3.36. The highest BCUT2D eigenvalue weighted by Crippen LogP contribution is 2.33. The summed E-state index contributed by atoms with van der Waals surface area (Å²) in [5.41, 5.74) is 0. The number of nitrogens with zero attached hydrogens (tertiary/aromatic N) is 1. The van der Waals surface area contributed by atoms with Crippen LogP contribution in [0, 0.1) is 5.92 Å². The van der Waals surface area contributed by atoms with Crippen molar-refractivity contribution in [2.75, 3.05) is 19.8 Å². The highest BCUT2D eigenvalue weighted by molar-refractivity contribution is 8.15. The maximum atomic E-state index is 12.0. The molecule has 0 bridgehead atoms. The van der Waals surface area contributed by atoms with Gasteiger partial charge in [0, 0.05) is 19.8 Å². The zero-order valence-corrected chi connectivity index (χ0v) is 13.9. The van der Waals surface area contributed by atoms with E-state index < -0.39 is 0 Å². The van der Waals surface area contributed by atoms with Gasteiger partial charge in [-0.25, -0.2) is 0 Å². The number of ether oxygens (including phenoxy) is 1. The molecule has 0 radical (unpaired) electrons. The molecule has 120 valence electrons. The Labute approximate surface area is 132 Å². The maximum absolute atomic E-state index is 12.0. The molecule has 1 saturated heterocycles. The average Bonchev–Trinajstić information content (AvgIpc) is 2.88. The summed E-state index contributed by atoms with van der Waals surface area (Å²) >= 11 is 1.63. The molecular weight excluding hydrogens is 284 g/mol. The van der Waals surface area contributed by atoms with Crippen LogP contribution in [0.4, 0.5) is 0 Å². The summed E-state index contributed by atoms with van der Waals surface area (Å²) < 4.78 is 5.37. The van der Waals surface area contributed by atoms with Crippen LogP contribution in [0.5, 0.6) is 0 Å². The Morgan fingerprint density at radius 3 is 2.67 bits per heavy atom. The van der Waals surface area contributed by atoms with Crippen molar-refractivity contribution in [3.63, 3.8) is 0 Å². The molecule has 2 rings (SSSR count). The van der Waals surface area contributed by atoms with Gasteiger partial charge in [0.15, 0.2) is 5.17 Å². The monoisotopic (exact) mass is 312 g/mol. The Bertz CT molecular complexity index is 354.